The van der Waals surface area contributed by atoms with E-state index in [1.807, 2.05) is 12.1 Å². The van der Waals surface area contributed by atoms with E-state index in [1.54, 1.807) is 7.11 Å². The number of methoxy groups -OCH3 is 1. The van der Waals surface area contributed by atoms with Gasteiger partial charge in [0.1, 0.15) is 23.9 Å². The lowest BCUT2D eigenvalue weighted by molar-refractivity contribution is 0.237. The van der Waals surface area contributed by atoms with Crippen molar-refractivity contribution in [2.45, 2.75) is 24.7 Å². The Morgan fingerprint density at radius 1 is 0.875 bits per heavy atom. The Hall–Kier alpha value is -2.98. The number of ether oxygens (including phenoxy) is 3. The van der Waals surface area contributed by atoms with Crippen LogP contribution in [0.4, 0.5) is 0 Å². The predicted molar refractivity (Wildman–Crippen MR) is 127 cm³/mol. The molecule has 0 N–H and O–H groups in total. The summed E-state index contributed by atoms with van der Waals surface area (Å²) in [6, 6.07) is 25.5. The summed E-state index contributed by atoms with van der Waals surface area (Å²) >= 11 is 0. The highest BCUT2D eigenvalue weighted by atomic mass is 16.5. The van der Waals surface area contributed by atoms with Crippen molar-refractivity contribution in [3.8, 4) is 17.2 Å². The third-order valence-electron chi connectivity index (χ3n) is 6.72. The van der Waals surface area contributed by atoms with Crippen molar-refractivity contribution in [1.82, 2.24) is 4.90 Å². The molecule has 166 valence electrons. The van der Waals surface area contributed by atoms with Crippen LogP contribution in [0.3, 0.4) is 0 Å². The van der Waals surface area contributed by atoms with Gasteiger partial charge in [-0.05, 0) is 55.3 Å². The van der Waals surface area contributed by atoms with Crippen LogP contribution in [-0.4, -0.2) is 44.9 Å². The maximum Gasteiger partial charge on any atom is 0.126 e. The molecule has 2 atom stereocenters. The molecular formula is C28H31NO3. The third-order valence-corrected chi connectivity index (χ3v) is 6.72. The van der Waals surface area contributed by atoms with Gasteiger partial charge >= 0.3 is 0 Å². The Labute approximate surface area is 190 Å². The van der Waals surface area contributed by atoms with Crippen molar-refractivity contribution < 1.29 is 14.2 Å². The first-order valence-electron chi connectivity index (χ1n) is 11.6. The van der Waals surface area contributed by atoms with Crippen LogP contribution in [0.1, 0.15) is 41.4 Å². The molecular weight excluding hydrogens is 398 g/mol. The van der Waals surface area contributed by atoms with Crippen LogP contribution in [0.15, 0.2) is 72.8 Å². The molecule has 1 saturated heterocycles. The number of rotatable bonds is 7. The summed E-state index contributed by atoms with van der Waals surface area (Å²) in [5, 5.41) is 0. The van der Waals surface area contributed by atoms with Gasteiger partial charge in [0, 0.05) is 30.0 Å². The van der Waals surface area contributed by atoms with Gasteiger partial charge in [-0.15, -0.1) is 0 Å². The van der Waals surface area contributed by atoms with Gasteiger partial charge in [0.2, 0.25) is 0 Å². The highest BCUT2D eigenvalue weighted by Gasteiger charge is 2.33. The molecule has 0 bridgehead atoms. The van der Waals surface area contributed by atoms with Gasteiger partial charge in [-0.3, -0.25) is 4.90 Å². The van der Waals surface area contributed by atoms with E-state index in [-0.39, 0.29) is 11.8 Å². The van der Waals surface area contributed by atoms with Crippen molar-refractivity contribution in [2.24, 2.45) is 0 Å². The number of benzene rings is 3. The number of hydrogen-bond donors (Lipinski definition) is 0. The molecule has 2 aliphatic rings. The summed E-state index contributed by atoms with van der Waals surface area (Å²) in [5.74, 6) is 3.13. The zero-order chi connectivity index (χ0) is 21.8. The number of nitrogens with zero attached hydrogens (tertiary/aromatic N) is 1. The molecule has 5 rings (SSSR count). The molecule has 0 amide bonds. The molecule has 0 radical (unpaired) electrons. The summed E-state index contributed by atoms with van der Waals surface area (Å²) < 4.78 is 17.7. The van der Waals surface area contributed by atoms with Crippen LogP contribution in [0.25, 0.3) is 0 Å². The Morgan fingerprint density at radius 2 is 1.62 bits per heavy atom. The molecule has 0 aromatic heterocycles. The highest BCUT2D eigenvalue weighted by molar-refractivity contribution is 5.51. The Balaban J connectivity index is 1.39. The second-order valence-corrected chi connectivity index (χ2v) is 8.68. The molecule has 4 nitrogen and oxygen atoms in total. The van der Waals surface area contributed by atoms with Crippen molar-refractivity contribution >= 4 is 0 Å². The Morgan fingerprint density at radius 3 is 2.38 bits per heavy atom. The molecule has 32 heavy (non-hydrogen) atoms. The second kappa shape index (κ2) is 9.66. The van der Waals surface area contributed by atoms with E-state index in [0.29, 0.717) is 6.61 Å². The van der Waals surface area contributed by atoms with Gasteiger partial charge in [0.15, 0.2) is 0 Å². The second-order valence-electron chi connectivity index (χ2n) is 8.68. The standard InChI is InChI=1S/C28H31NO3/c1-30-24-13-14-25-27(19-24)32-20-26(21-7-3-2-4-8-21)28(25)22-9-11-23(12-10-22)31-18-17-29-15-5-6-16-29/h2-4,7-14,19,26,28H,5-6,15-18,20H2,1H3/t26-,28+/m0/s1. The molecule has 2 aliphatic heterocycles. The Kier molecular flexibility index (Phi) is 6.31. The first-order chi connectivity index (χ1) is 15.8. The molecule has 0 saturated carbocycles. The maximum absolute atomic E-state index is 6.20. The lowest BCUT2D eigenvalue weighted by atomic mass is 9.76. The quantitative estimate of drug-likeness (QED) is 0.498. The Bertz CT molecular complexity index is 1010. The molecule has 0 aliphatic carbocycles. The van der Waals surface area contributed by atoms with Crippen LogP contribution in [0.2, 0.25) is 0 Å². The van der Waals surface area contributed by atoms with Gasteiger partial charge in [-0.1, -0.05) is 48.5 Å². The number of hydrogen-bond acceptors (Lipinski definition) is 4. The van der Waals surface area contributed by atoms with E-state index in [4.69, 9.17) is 14.2 Å². The summed E-state index contributed by atoms with van der Waals surface area (Å²) in [7, 11) is 1.69. The van der Waals surface area contributed by atoms with Crippen LogP contribution in [0, 0.1) is 0 Å². The fourth-order valence-electron chi connectivity index (χ4n) is 4.99. The summed E-state index contributed by atoms with van der Waals surface area (Å²) in [6.45, 7) is 4.80. The summed E-state index contributed by atoms with van der Waals surface area (Å²) in [4.78, 5) is 2.48. The monoisotopic (exact) mass is 429 g/mol. The fraction of sp³-hybridized carbons (Fsp3) is 0.357. The molecule has 3 aromatic rings. The first-order valence-corrected chi connectivity index (χ1v) is 11.6. The van der Waals surface area contributed by atoms with Crippen LogP contribution >= 0.6 is 0 Å². The van der Waals surface area contributed by atoms with E-state index in [0.717, 1.165) is 30.4 Å². The van der Waals surface area contributed by atoms with E-state index >= 15 is 0 Å². The van der Waals surface area contributed by atoms with Gasteiger partial charge in [0.05, 0.1) is 13.7 Å². The van der Waals surface area contributed by atoms with Crippen molar-refractivity contribution in [1.29, 1.82) is 0 Å². The van der Waals surface area contributed by atoms with Gasteiger partial charge in [-0.2, -0.15) is 0 Å². The molecule has 1 fully saturated rings. The van der Waals surface area contributed by atoms with E-state index < -0.39 is 0 Å². The van der Waals surface area contributed by atoms with Gasteiger partial charge in [-0.25, -0.2) is 0 Å². The number of fused-ring (bicyclic) bond motifs is 1. The van der Waals surface area contributed by atoms with Crippen molar-refractivity contribution in [2.75, 3.05) is 40.0 Å². The smallest absolute Gasteiger partial charge is 0.126 e. The minimum atomic E-state index is 0.214. The normalized spacial score (nSPS) is 20.4. The molecule has 0 unspecified atom stereocenters. The van der Waals surface area contributed by atoms with Gasteiger partial charge < -0.3 is 14.2 Å². The molecule has 2 heterocycles. The SMILES string of the molecule is COc1ccc2c(c1)OC[C@@H](c1ccccc1)[C@@H]2c1ccc(OCCN2CCCC2)cc1. The summed E-state index contributed by atoms with van der Waals surface area (Å²) in [6.07, 6.45) is 2.63. The van der Waals surface area contributed by atoms with Crippen LogP contribution in [0.5, 0.6) is 17.2 Å². The maximum atomic E-state index is 6.20. The number of likely N-dealkylation sites (tertiary alicyclic amines) is 1. The summed E-state index contributed by atoms with van der Waals surface area (Å²) in [5.41, 5.74) is 3.78. The largest absolute Gasteiger partial charge is 0.497 e. The van der Waals surface area contributed by atoms with Crippen molar-refractivity contribution in [3.05, 3.63) is 89.5 Å². The van der Waals surface area contributed by atoms with E-state index in [1.165, 1.54) is 42.6 Å². The predicted octanol–water partition coefficient (Wildman–Crippen LogP) is 5.48. The fourth-order valence-corrected chi connectivity index (χ4v) is 4.99. The van der Waals surface area contributed by atoms with Gasteiger partial charge in [0.25, 0.3) is 0 Å². The van der Waals surface area contributed by atoms with E-state index in [2.05, 4.69) is 65.6 Å². The van der Waals surface area contributed by atoms with Crippen LogP contribution in [-0.2, 0) is 0 Å². The average molecular weight is 430 g/mol. The van der Waals surface area contributed by atoms with Crippen LogP contribution < -0.4 is 14.2 Å². The highest BCUT2D eigenvalue weighted by Crippen LogP contribution is 2.47. The van der Waals surface area contributed by atoms with E-state index in [9.17, 15) is 0 Å². The lowest BCUT2D eigenvalue weighted by Gasteiger charge is -2.34. The topological polar surface area (TPSA) is 30.9 Å². The minimum absolute atomic E-state index is 0.214. The first kappa shape index (κ1) is 20.9. The zero-order valence-electron chi connectivity index (χ0n) is 18.7. The zero-order valence-corrected chi connectivity index (χ0v) is 18.7. The molecule has 4 heteroatoms. The minimum Gasteiger partial charge on any atom is -0.497 e. The molecule has 0 spiro atoms. The third kappa shape index (κ3) is 4.46. The van der Waals surface area contributed by atoms with Crippen molar-refractivity contribution in [3.63, 3.8) is 0 Å². The molecule has 3 aromatic carbocycles. The average Bonchev–Trinajstić information content (AvgIpc) is 3.37. The lowest BCUT2D eigenvalue weighted by Crippen LogP contribution is -2.25.